The van der Waals surface area contributed by atoms with E-state index < -0.39 is 23.0 Å². The quantitative estimate of drug-likeness (QED) is 0.477. The van der Waals surface area contributed by atoms with Crippen molar-refractivity contribution in [2.75, 3.05) is 0 Å². The van der Waals surface area contributed by atoms with Crippen LogP contribution in [0.3, 0.4) is 0 Å². The van der Waals surface area contributed by atoms with Crippen LogP contribution in [0.5, 0.6) is 0 Å². The summed E-state index contributed by atoms with van der Waals surface area (Å²) >= 11 is 0. The molecule has 1 saturated carbocycles. The van der Waals surface area contributed by atoms with Crippen LogP contribution in [0.1, 0.15) is 56.1 Å². The number of halogens is 3. The normalized spacial score (nSPS) is 14.5. The molecule has 1 heterocycles. The van der Waals surface area contributed by atoms with E-state index >= 15 is 0 Å². The van der Waals surface area contributed by atoms with Gasteiger partial charge in [0.05, 0.1) is 23.0 Å². The predicted octanol–water partition coefficient (Wildman–Crippen LogP) is 4.46. The largest absolute Gasteiger partial charge is 0.416 e. The predicted molar refractivity (Wildman–Crippen MR) is 127 cm³/mol. The SMILES string of the molecule is O=C(CCCCn1c(=O)c2ccccc2n(Cc2cccc(C(F)(F)F)c2)c1=O)NC1CCCC1. The van der Waals surface area contributed by atoms with Gasteiger partial charge in [-0.15, -0.1) is 0 Å². The summed E-state index contributed by atoms with van der Waals surface area (Å²) in [6, 6.07) is 11.6. The minimum Gasteiger partial charge on any atom is -0.353 e. The second-order valence-corrected chi connectivity index (χ2v) is 9.05. The molecular formula is C26H28F3N3O3. The number of fused-ring (bicyclic) bond motifs is 1. The molecule has 1 aromatic heterocycles. The molecular weight excluding hydrogens is 459 g/mol. The molecule has 1 fully saturated rings. The smallest absolute Gasteiger partial charge is 0.353 e. The summed E-state index contributed by atoms with van der Waals surface area (Å²) in [5, 5.41) is 3.34. The minimum atomic E-state index is -4.49. The molecule has 186 valence electrons. The highest BCUT2D eigenvalue weighted by atomic mass is 19.4. The highest BCUT2D eigenvalue weighted by Gasteiger charge is 2.30. The molecule has 0 bridgehead atoms. The Morgan fingerprint density at radius 3 is 2.46 bits per heavy atom. The van der Waals surface area contributed by atoms with Crippen LogP contribution in [-0.4, -0.2) is 21.1 Å². The van der Waals surface area contributed by atoms with Gasteiger partial charge in [0.25, 0.3) is 5.56 Å². The molecule has 1 aliphatic carbocycles. The number of carbonyl (C=O) groups excluding carboxylic acids is 1. The van der Waals surface area contributed by atoms with Crippen molar-refractivity contribution in [1.29, 1.82) is 0 Å². The number of hydrogen-bond donors (Lipinski definition) is 1. The van der Waals surface area contributed by atoms with E-state index in [0.717, 1.165) is 42.4 Å². The molecule has 0 radical (unpaired) electrons. The number of amides is 1. The van der Waals surface area contributed by atoms with Crippen LogP contribution in [0.15, 0.2) is 58.1 Å². The standard InChI is InChI=1S/C26H28F3N3O3/c27-26(28,29)19-9-7-8-18(16-19)17-32-22-13-4-3-12-21(22)24(34)31(25(32)35)15-6-5-14-23(33)30-20-10-1-2-11-20/h3-4,7-9,12-13,16,20H,1-2,5-6,10-11,14-15,17H2,(H,30,33). The number of benzene rings is 2. The molecule has 0 unspecified atom stereocenters. The third-order valence-electron chi connectivity index (χ3n) is 6.48. The minimum absolute atomic E-state index is 0.0234. The first-order valence-corrected chi connectivity index (χ1v) is 11.9. The molecule has 1 N–H and O–H groups in total. The Morgan fingerprint density at radius 2 is 1.71 bits per heavy atom. The number of aromatic nitrogens is 2. The van der Waals surface area contributed by atoms with Crippen LogP contribution >= 0.6 is 0 Å². The van der Waals surface area contributed by atoms with E-state index in [1.54, 1.807) is 24.3 Å². The van der Waals surface area contributed by atoms with Gasteiger partial charge in [0, 0.05) is 19.0 Å². The van der Waals surface area contributed by atoms with Gasteiger partial charge in [-0.05, 0) is 55.5 Å². The van der Waals surface area contributed by atoms with Crippen LogP contribution < -0.4 is 16.6 Å². The van der Waals surface area contributed by atoms with Gasteiger partial charge in [-0.25, -0.2) is 4.79 Å². The molecule has 6 nitrogen and oxygen atoms in total. The molecule has 3 aromatic rings. The van der Waals surface area contributed by atoms with Crippen molar-refractivity contribution in [3.8, 4) is 0 Å². The fourth-order valence-corrected chi connectivity index (χ4v) is 4.67. The van der Waals surface area contributed by atoms with Crippen molar-refractivity contribution < 1.29 is 18.0 Å². The van der Waals surface area contributed by atoms with Gasteiger partial charge in [-0.3, -0.25) is 18.7 Å². The molecule has 9 heteroatoms. The Kier molecular flexibility index (Phi) is 7.42. The second kappa shape index (κ2) is 10.5. The Hall–Kier alpha value is -3.36. The number of nitrogens with zero attached hydrogens (tertiary/aromatic N) is 2. The van der Waals surface area contributed by atoms with E-state index in [9.17, 15) is 27.6 Å². The van der Waals surface area contributed by atoms with E-state index in [1.165, 1.54) is 16.7 Å². The van der Waals surface area contributed by atoms with Crippen LogP contribution in [0, 0.1) is 0 Å². The lowest BCUT2D eigenvalue weighted by Crippen LogP contribution is -2.40. The molecule has 4 rings (SSSR count). The Labute approximate surface area is 200 Å². The number of para-hydroxylation sites is 1. The zero-order valence-electron chi connectivity index (χ0n) is 19.3. The molecule has 0 atom stereocenters. The van der Waals surface area contributed by atoms with Crippen LogP contribution in [0.25, 0.3) is 10.9 Å². The Balaban J connectivity index is 1.54. The Morgan fingerprint density at radius 1 is 0.971 bits per heavy atom. The van der Waals surface area contributed by atoms with E-state index in [2.05, 4.69) is 5.32 Å². The summed E-state index contributed by atoms with van der Waals surface area (Å²) < 4.78 is 41.9. The molecule has 1 amide bonds. The van der Waals surface area contributed by atoms with E-state index in [-0.39, 0.29) is 25.0 Å². The first-order chi connectivity index (χ1) is 16.7. The fourth-order valence-electron chi connectivity index (χ4n) is 4.67. The number of alkyl halides is 3. The third kappa shape index (κ3) is 5.83. The van der Waals surface area contributed by atoms with Gasteiger partial charge in [0.15, 0.2) is 0 Å². The van der Waals surface area contributed by atoms with Gasteiger partial charge in [0.2, 0.25) is 5.91 Å². The maximum atomic E-state index is 13.3. The lowest BCUT2D eigenvalue weighted by Gasteiger charge is -2.15. The maximum Gasteiger partial charge on any atom is 0.416 e. The van der Waals surface area contributed by atoms with Crippen molar-refractivity contribution in [3.63, 3.8) is 0 Å². The van der Waals surface area contributed by atoms with Gasteiger partial charge >= 0.3 is 11.9 Å². The highest BCUT2D eigenvalue weighted by Crippen LogP contribution is 2.29. The number of nitrogens with one attached hydrogen (secondary N) is 1. The number of unbranched alkanes of at least 4 members (excludes halogenated alkanes) is 1. The monoisotopic (exact) mass is 487 g/mol. The zero-order valence-corrected chi connectivity index (χ0v) is 19.3. The van der Waals surface area contributed by atoms with Gasteiger partial charge in [0.1, 0.15) is 0 Å². The Bertz CT molecular complexity index is 1320. The molecule has 1 aliphatic rings. The summed E-state index contributed by atoms with van der Waals surface area (Å²) in [7, 11) is 0. The molecule has 2 aromatic carbocycles. The number of carbonyl (C=O) groups is 1. The average molecular weight is 488 g/mol. The molecule has 0 spiro atoms. The van der Waals surface area contributed by atoms with Gasteiger partial charge in [-0.2, -0.15) is 13.2 Å². The average Bonchev–Trinajstić information content (AvgIpc) is 3.34. The molecule has 0 saturated heterocycles. The first-order valence-electron chi connectivity index (χ1n) is 11.9. The van der Waals surface area contributed by atoms with E-state index in [0.29, 0.717) is 35.7 Å². The van der Waals surface area contributed by atoms with E-state index in [1.807, 2.05) is 0 Å². The van der Waals surface area contributed by atoms with Crippen molar-refractivity contribution in [2.45, 2.75) is 70.3 Å². The highest BCUT2D eigenvalue weighted by molar-refractivity contribution is 5.78. The molecule has 35 heavy (non-hydrogen) atoms. The third-order valence-corrected chi connectivity index (χ3v) is 6.48. The van der Waals surface area contributed by atoms with Crippen molar-refractivity contribution in [3.05, 3.63) is 80.5 Å². The van der Waals surface area contributed by atoms with Crippen LogP contribution in [-0.2, 0) is 24.1 Å². The fraction of sp³-hybridized carbons (Fsp3) is 0.423. The van der Waals surface area contributed by atoms with Crippen LogP contribution in [0.2, 0.25) is 0 Å². The molecule has 0 aliphatic heterocycles. The number of hydrogen-bond acceptors (Lipinski definition) is 3. The van der Waals surface area contributed by atoms with Crippen molar-refractivity contribution >= 4 is 16.8 Å². The van der Waals surface area contributed by atoms with E-state index in [4.69, 9.17) is 0 Å². The number of rotatable bonds is 8. The summed E-state index contributed by atoms with van der Waals surface area (Å²) in [5.74, 6) is -0.0234. The van der Waals surface area contributed by atoms with Gasteiger partial charge in [-0.1, -0.05) is 37.1 Å². The maximum absolute atomic E-state index is 13.3. The second-order valence-electron chi connectivity index (χ2n) is 9.05. The summed E-state index contributed by atoms with van der Waals surface area (Å²) in [6.45, 7) is 0.0230. The zero-order chi connectivity index (χ0) is 25.0. The van der Waals surface area contributed by atoms with Crippen molar-refractivity contribution in [2.24, 2.45) is 0 Å². The first kappa shape index (κ1) is 24.8. The summed E-state index contributed by atoms with van der Waals surface area (Å²) in [6.07, 6.45) is 1.06. The lowest BCUT2D eigenvalue weighted by atomic mass is 10.1. The topological polar surface area (TPSA) is 73.1 Å². The lowest BCUT2D eigenvalue weighted by molar-refractivity contribution is -0.137. The van der Waals surface area contributed by atoms with Crippen LogP contribution in [0.4, 0.5) is 13.2 Å². The van der Waals surface area contributed by atoms with Crippen molar-refractivity contribution in [1.82, 2.24) is 14.5 Å². The summed E-state index contributed by atoms with van der Waals surface area (Å²) in [5.41, 5.74) is -1.15. The van der Waals surface area contributed by atoms with Gasteiger partial charge < -0.3 is 5.32 Å². The summed E-state index contributed by atoms with van der Waals surface area (Å²) in [4.78, 5) is 38.4.